The molecule has 4 bridgehead atoms. The second kappa shape index (κ2) is 7.60. The number of hydrogen-bond donors (Lipinski definition) is 1. The number of tetrazole rings is 1. The zero-order valence-electron chi connectivity index (χ0n) is 18.8. The van der Waals surface area contributed by atoms with Crippen molar-refractivity contribution in [3.8, 4) is 5.69 Å². The monoisotopic (exact) mass is 452 g/mol. The lowest BCUT2D eigenvalue weighted by Gasteiger charge is -2.56. The van der Waals surface area contributed by atoms with Crippen molar-refractivity contribution in [3.63, 3.8) is 0 Å². The molecular weight excluding hydrogens is 423 g/mol. The van der Waals surface area contributed by atoms with Crippen LogP contribution in [-0.2, 0) is 9.59 Å². The highest BCUT2D eigenvalue weighted by atomic mass is 19.1. The fraction of sp³-hybridized carbons (Fsp3) is 0.625. The van der Waals surface area contributed by atoms with Crippen molar-refractivity contribution >= 4 is 17.5 Å². The van der Waals surface area contributed by atoms with Gasteiger partial charge >= 0.3 is 0 Å². The van der Waals surface area contributed by atoms with Crippen molar-refractivity contribution in [1.82, 2.24) is 25.1 Å². The van der Waals surface area contributed by atoms with Crippen LogP contribution in [0, 0.1) is 35.9 Å². The molecule has 7 rings (SSSR count). The van der Waals surface area contributed by atoms with E-state index in [1.54, 1.807) is 17.9 Å². The lowest BCUT2D eigenvalue weighted by Crippen LogP contribution is -2.56. The molecule has 1 aliphatic heterocycles. The molecule has 2 aromatic rings. The Bertz CT molecular complexity index is 1080. The average Bonchev–Trinajstić information content (AvgIpc) is 3.43. The quantitative estimate of drug-likeness (QED) is 0.769. The average molecular weight is 453 g/mol. The van der Waals surface area contributed by atoms with E-state index in [9.17, 15) is 14.0 Å². The number of nitrogens with one attached hydrogen (secondary N) is 1. The fourth-order valence-electron chi connectivity index (χ4n) is 7.39. The van der Waals surface area contributed by atoms with Gasteiger partial charge in [-0.15, -0.1) is 5.10 Å². The first-order valence-electron chi connectivity index (χ1n) is 12.1. The third kappa shape index (κ3) is 3.43. The van der Waals surface area contributed by atoms with Crippen LogP contribution in [0.1, 0.15) is 57.2 Å². The Morgan fingerprint density at radius 3 is 2.45 bits per heavy atom. The standard InChI is InChI=1S/C24H29FN6O2/c1-14-27-28-29-31(14)18-4-5-19(25)20(10-18)26-22(32)21-3-2-6-30(21)23(33)24-11-15-7-16(12-24)9-17(8-15)13-24/h4-5,10,15-17,21H,2-3,6-9,11-13H2,1H3,(H,26,32). The number of aryl methyl sites for hydroxylation is 1. The third-order valence-electron chi connectivity index (χ3n) is 8.39. The summed E-state index contributed by atoms with van der Waals surface area (Å²) in [6, 6.07) is 3.83. The highest BCUT2D eigenvalue weighted by molar-refractivity contribution is 5.98. The Hall–Kier alpha value is -2.84. The molecule has 5 aliphatic rings. The number of anilines is 1. The predicted molar refractivity (Wildman–Crippen MR) is 118 cm³/mol. The number of aromatic nitrogens is 4. The predicted octanol–water partition coefficient (Wildman–Crippen LogP) is 3.26. The van der Waals surface area contributed by atoms with E-state index < -0.39 is 11.9 Å². The van der Waals surface area contributed by atoms with Gasteiger partial charge in [0.05, 0.1) is 16.8 Å². The molecular formula is C24H29FN6O2. The van der Waals surface area contributed by atoms with Crippen molar-refractivity contribution in [1.29, 1.82) is 0 Å². The Morgan fingerprint density at radius 1 is 1.12 bits per heavy atom. The Balaban J connectivity index is 1.21. The number of rotatable bonds is 4. The summed E-state index contributed by atoms with van der Waals surface area (Å²) in [5.74, 6) is 1.87. The summed E-state index contributed by atoms with van der Waals surface area (Å²) in [6.45, 7) is 2.35. The topological polar surface area (TPSA) is 93.0 Å². The summed E-state index contributed by atoms with van der Waals surface area (Å²) in [7, 11) is 0. The molecule has 1 aromatic heterocycles. The first kappa shape index (κ1) is 20.7. The molecule has 9 heteroatoms. The van der Waals surface area contributed by atoms with Crippen LogP contribution in [0.25, 0.3) is 5.69 Å². The molecule has 0 radical (unpaired) electrons. The summed E-state index contributed by atoms with van der Waals surface area (Å²) >= 11 is 0. The maximum atomic E-state index is 14.6. The number of nitrogens with zero attached hydrogens (tertiary/aromatic N) is 5. The normalized spacial score (nSPS) is 32.4. The van der Waals surface area contributed by atoms with Crippen molar-refractivity contribution in [3.05, 3.63) is 29.8 Å². The van der Waals surface area contributed by atoms with E-state index in [0.717, 1.165) is 25.7 Å². The zero-order chi connectivity index (χ0) is 22.7. The summed E-state index contributed by atoms with van der Waals surface area (Å²) in [5, 5.41) is 14.1. The van der Waals surface area contributed by atoms with E-state index in [-0.39, 0.29) is 22.9 Å². The summed E-state index contributed by atoms with van der Waals surface area (Å²) in [5.41, 5.74) is 0.351. The third-order valence-corrected chi connectivity index (χ3v) is 8.39. The van der Waals surface area contributed by atoms with Gasteiger partial charge < -0.3 is 10.2 Å². The lowest BCUT2D eigenvalue weighted by atomic mass is 9.49. The molecule has 1 N–H and O–H groups in total. The van der Waals surface area contributed by atoms with Crippen molar-refractivity contribution in [2.45, 2.75) is 64.3 Å². The number of amides is 2. The molecule has 1 unspecified atom stereocenters. The molecule has 1 atom stereocenters. The summed E-state index contributed by atoms with van der Waals surface area (Å²) in [4.78, 5) is 28.9. The number of hydrogen-bond acceptors (Lipinski definition) is 5. The SMILES string of the molecule is Cc1nnnn1-c1ccc(F)c(NC(=O)C2CCCN2C(=O)C23CC4CC(CC(C4)C2)C3)c1. The largest absolute Gasteiger partial charge is 0.330 e. The van der Waals surface area contributed by atoms with Gasteiger partial charge in [0, 0.05) is 6.54 Å². The first-order valence-corrected chi connectivity index (χ1v) is 12.1. The Morgan fingerprint density at radius 2 is 1.82 bits per heavy atom. The lowest BCUT2D eigenvalue weighted by molar-refractivity contribution is -0.160. The van der Waals surface area contributed by atoms with Crippen LogP contribution in [0.4, 0.5) is 10.1 Å². The minimum absolute atomic E-state index is 0.0708. The molecule has 33 heavy (non-hydrogen) atoms. The van der Waals surface area contributed by atoms with Crippen molar-refractivity contribution in [2.24, 2.45) is 23.2 Å². The Labute approximate surface area is 191 Å². The van der Waals surface area contributed by atoms with Gasteiger partial charge in [0.1, 0.15) is 11.9 Å². The van der Waals surface area contributed by atoms with Crippen molar-refractivity contribution in [2.75, 3.05) is 11.9 Å². The van der Waals surface area contributed by atoms with Gasteiger partial charge in [-0.3, -0.25) is 9.59 Å². The maximum Gasteiger partial charge on any atom is 0.247 e. The van der Waals surface area contributed by atoms with E-state index in [0.29, 0.717) is 42.2 Å². The molecule has 4 aliphatic carbocycles. The second-order valence-corrected chi connectivity index (χ2v) is 10.6. The highest BCUT2D eigenvalue weighted by Crippen LogP contribution is 2.60. The molecule has 2 heterocycles. The van der Waals surface area contributed by atoms with Gasteiger partial charge in [0.15, 0.2) is 5.82 Å². The molecule has 2 amide bonds. The van der Waals surface area contributed by atoms with E-state index in [4.69, 9.17) is 0 Å². The smallest absolute Gasteiger partial charge is 0.247 e. The number of benzene rings is 1. The summed E-state index contributed by atoms with van der Waals surface area (Å²) < 4.78 is 16.0. The first-order chi connectivity index (χ1) is 15.9. The van der Waals surface area contributed by atoms with Gasteiger partial charge in [-0.05, 0) is 105 Å². The number of carbonyl (C=O) groups excluding carboxylic acids is 2. The van der Waals surface area contributed by atoms with E-state index in [1.165, 1.54) is 36.1 Å². The van der Waals surface area contributed by atoms with E-state index >= 15 is 0 Å². The van der Waals surface area contributed by atoms with Gasteiger partial charge in [-0.1, -0.05) is 0 Å². The molecule has 8 nitrogen and oxygen atoms in total. The molecule has 1 aromatic carbocycles. The zero-order valence-corrected chi connectivity index (χ0v) is 18.8. The number of carbonyl (C=O) groups is 2. The Kier molecular flexibility index (Phi) is 4.78. The van der Waals surface area contributed by atoms with Crippen LogP contribution in [0.5, 0.6) is 0 Å². The van der Waals surface area contributed by atoms with Crippen LogP contribution < -0.4 is 5.32 Å². The van der Waals surface area contributed by atoms with Gasteiger partial charge in [0.25, 0.3) is 0 Å². The van der Waals surface area contributed by atoms with Gasteiger partial charge in [-0.25, -0.2) is 4.39 Å². The van der Waals surface area contributed by atoms with E-state index in [1.807, 2.05) is 0 Å². The van der Waals surface area contributed by atoms with Crippen LogP contribution in [-0.4, -0.2) is 49.5 Å². The van der Waals surface area contributed by atoms with Crippen LogP contribution >= 0.6 is 0 Å². The van der Waals surface area contributed by atoms with Crippen molar-refractivity contribution < 1.29 is 14.0 Å². The minimum atomic E-state index is -0.552. The van der Waals surface area contributed by atoms with Crippen LogP contribution in [0.2, 0.25) is 0 Å². The molecule has 5 fully saturated rings. The minimum Gasteiger partial charge on any atom is -0.330 e. The molecule has 1 saturated heterocycles. The number of likely N-dealkylation sites (tertiary alicyclic amines) is 1. The summed E-state index contributed by atoms with van der Waals surface area (Å²) in [6.07, 6.45) is 8.15. The second-order valence-electron chi connectivity index (χ2n) is 10.6. The molecule has 0 spiro atoms. The van der Waals surface area contributed by atoms with Crippen LogP contribution in [0.3, 0.4) is 0 Å². The van der Waals surface area contributed by atoms with E-state index in [2.05, 4.69) is 20.8 Å². The van der Waals surface area contributed by atoms with Gasteiger partial charge in [-0.2, -0.15) is 4.68 Å². The highest BCUT2D eigenvalue weighted by Gasteiger charge is 2.56. The van der Waals surface area contributed by atoms with Gasteiger partial charge in [0.2, 0.25) is 11.8 Å². The number of halogens is 1. The molecule has 4 saturated carbocycles. The molecule has 174 valence electrons. The maximum absolute atomic E-state index is 14.6. The fourth-order valence-corrected chi connectivity index (χ4v) is 7.39. The van der Waals surface area contributed by atoms with Crippen LogP contribution in [0.15, 0.2) is 18.2 Å².